The van der Waals surface area contributed by atoms with Gasteiger partial charge in [-0.25, -0.2) is 14.4 Å². The molecule has 0 heterocycles. The molecule has 0 aromatic heterocycles. The standard InChI is InChI=1S/C29H39N3O6.C24H31N3O4.CH4.BF/c1-29(2,3)38-28(36)32-24(25(33)19-23(26(30)34)18-21-12-6-4-7-13-21)16-10-11-17-31-27(35)37-20-22-14-8-5-9-15-22;25-21(22(28)16-20(23(26)29)15-18-9-3-1-4-10-18)13-7-8-14-27-24(30)31-17-19-11-5-2-6-12-19;;1-2/h4-9,12-15,23-24H,10-11,16-20H2,1-3H3,(H2,30,34)(H,31,35)(H,32,36);1-6,9-12,20-21H,7-8,13-17,25H2,(H2,26,29)(H,27,30);1H4;/t23-,24+;20-,21+;;/m11../s1/i23D;20D;;. The summed E-state index contributed by atoms with van der Waals surface area (Å²) in [5.41, 5.74) is 19.4. The van der Waals surface area contributed by atoms with E-state index in [1.165, 1.54) is 0 Å². The number of primary amides is 2. The molecular formula is C54H74BFN6O10. The number of halogens is 1. The van der Waals surface area contributed by atoms with E-state index in [0.29, 0.717) is 50.8 Å². The second kappa shape index (κ2) is 35.9. The fourth-order valence-corrected chi connectivity index (χ4v) is 6.65. The van der Waals surface area contributed by atoms with Gasteiger partial charge in [-0.2, -0.15) is 0 Å². The lowest BCUT2D eigenvalue weighted by atomic mass is 9.90. The van der Waals surface area contributed by atoms with Crippen LogP contribution in [0, 0.1) is 11.8 Å². The van der Waals surface area contributed by atoms with Crippen LogP contribution >= 0.6 is 0 Å². The number of benzene rings is 4. The van der Waals surface area contributed by atoms with Crippen molar-refractivity contribution in [2.75, 3.05) is 13.1 Å². The topological polar surface area (TPSA) is 261 Å². The molecule has 4 aromatic carbocycles. The van der Waals surface area contributed by atoms with Crippen LogP contribution in [0.3, 0.4) is 0 Å². The van der Waals surface area contributed by atoms with Crippen LogP contribution in [0.1, 0.15) is 105 Å². The molecule has 0 aliphatic heterocycles. The van der Waals surface area contributed by atoms with Crippen molar-refractivity contribution in [3.05, 3.63) is 144 Å². The first-order chi connectivity index (χ1) is 34.7. The number of alkyl carbamates (subject to hydrolysis) is 3. The lowest BCUT2D eigenvalue weighted by Gasteiger charge is -2.24. The van der Waals surface area contributed by atoms with E-state index >= 15 is 0 Å². The Bertz CT molecular complexity index is 2310. The second-order valence-electron chi connectivity index (χ2n) is 17.3. The number of nitrogens with two attached hydrogens (primary N) is 3. The number of hydrogen-bond acceptors (Lipinski definition) is 11. The fourth-order valence-electron chi connectivity index (χ4n) is 6.65. The number of Topliss-reactive ketones (excluding diaryl/α,β-unsaturated/α-hetero) is 2. The van der Waals surface area contributed by atoms with Crippen LogP contribution < -0.4 is 33.2 Å². The molecule has 4 rings (SSSR count). The Balaban J connectivity index is 0.000000719. The molecule has 4 atom stereocenters. The van der Waals surface area contributed by atoms with E-state index in [4.69, 9.17) is 38.5 Å². The first-order valence-corrected chi connectivity index (χ1v) is 23.3. The Morgan fingerprint density at radius 1 is 0.569 bits per heavy atom. The lowest BCUT2D eigenvalue weighted by Crippen LogP contribution is -2.44. The molecule has 16 nitrogen and oxygen atoms in total. The number of unbranched alkanes of at least 4 members (excludes halogenated alkanes) is 2. The van der Waals surface area contributed by atoms with Gasteiger partial charge in [0.05, 0.1) is 12.1 Å². The summed E-state index contributed by atoms with van der Waals surface area (Å²) in [6, 6.07) is 34.8. The summed E-state index contributed by atoms with van der Waals surface area (Å²) in [6.07, 6.45) is 0.177. The molecule has 390 valence electrons. The van der Waals surface area contributed by atoms with E-state index in [-0.39, 0.29) is 52.1 Å². The number of ether oxygens (including phenoxy) is 3. The number of rotatable bonds is 27. The monoisotopic (exact) mass is 999 g/mol. The van der Waals surface area contributed by atoms with Gasteiger partial charge in [0, 0.05) is 40.5 Å². The Morgan fingerprint density at radius 3 is 1.31 bits per heavy atom. The van der Waals surface area contributed by atoms with Crippen molar-refractivity contribution in [1.82, 2.24) is 16.0 Å². The Kier molecular flexibility index (Phi) is 29.6. The highest BCUT2D eigenvalue weighted by Crippen LogP contribution is 2.18. The van der Waals surface area contributed by atoms with Crippen LogP contribution in [0.5, 0.6) is 0 Å². The van der Waals surface area contributed by atoms with Crippen LogP contribution in [-0.4, -0.2) is 80.6 Å². The predicted molar refractivity (Wildman–Crippen MR) is 277 cm³/mol. The van der Waals surface area contributed by atoms with Gasteiger partial charge < -0.3 is 51.7 Å². The van der Waals surface area contributed by atoms with Gasteiger partial charge in [-0.1, -0.05) is 129 Å². The van der Waals surface area contributed by atoms with E-state index in [2.05, 4.69) is 24.1 Å². The second-order valence-corrected chi connectivity index (χ2v) is 17.3. The number of carbonyl (C=O) groups excluding carboxylic acids is 7. The van der Waals surface area contributed by atoms with Gasteiger partial charge in [0.15, 0.2) is 5.78 Å². The molecule has 0 bridgehead atoms. The van der Waals surface area contributed by atoms with E-state index in [0.717, 1.165) is 16.7 Å². The van der Waals surface area contributed by atoms with Crippen molar-refractivity contribution in [1.29, 1.82) is 0 Å². The predicted octanol–water partition coefficient (Wildman–Crippen LogP) is 7.67. The third-order valence-electron chi connectivity index (χ3n) is 10.3. The Hall–Kier alpha value is -7.08. The van der Waals surface area contributed by atoms with Gasteiger partial charge in [0.1, 0.15) is 24.6 Å². The van der Waals surface area contributed by atoms with Gasteiger partial charge in [0.2, 0.25) is 11.8 Å². The summed E-state index contributed by atoms with van der Waals surface area (Å²) in [5.74, 6) is -6.25. The van der Waals surface area contributed by atoms with Gasteiger partial charge in [-0.15, -0.1) is 0 Å². The summed E-state index contributed by atoms with van der Waals surface area (Å²) < 4.78 is 41.7. The van der Waals surface area contributed by atoms with E-state index in [1.54, 1.807) is 69.3 Å². The van der Waals surface area contributed by atoms with Crippen molar-refractivity contribution in [3.63, 3.8) is 0 Å². The van der Waals surface area contributed by atoms with E-state index in [1.807, 2.05) is 72.8 Å². The van der Waals surface area contributed by atoms with Crippen molar-refractivity contribution >= 4 is 49.8 Å². The van der Waals surface area contributed by atoms with Gasteiger partial charge >= 0.3 is 26.4 Å². The van der Waals surface area contributed by atoms with E-state index < -0.39 is 71.8 Å². The highest BCUT2D eigenvalue weighted by atomic mass is 19.1. The number of carbonyl (C=O) groups is 7. The molecule has 0 saturated carbocycles. The third-order valence-corrected chi connectivity index (χ3v) is 10.3. The zero-order chi connectivity index (χ0) is 54.3. The van der Waals surface area contributed by atoms with Gasteiger partial charge in [0.25, 0.3) is 0 Å². The zero-order valence-corrected chi connectivity index (χ0v) is 40.9. The molecular weight excluding hydrogens is 922 g/mol. The SMILES string of the molecule is C.[2H][C@](CC(=O)[C@@H](N)CCCCNC(=O)OCc1ccccc1)(Cc1ccccc1)C(N)=O.[2H][C@](CC(=O)[C@H](CCCCNC(=O)OCc1ccccc1)NC(=O)OC(C)(C)C)(Cc1ccccc1)C(N)=O.[B]F. The fraction of sp³-hybridized carbons (Fsp3) is 0.426. The van der Waals surface area contributed by atoms with Crippen LogP contribution in [0.15, 0.2) is 121 Å². The van der Waals surface area contributed by atoms with Crippen LogP contribution in [0.2, 0.25) is 0 Å². The number of ketones is 2. The quantitative estimate of drug-likeness (QED) is 0.0192. The maximum Gasteiger partial charge on any atom is 0.408 e. The maximum absolute atomic E-state index is 13.3. The summed E-state index contributed by atoms with van der Waals surface area (Å²) in [5, 5.41) is 7.90. The molecule has 0 spiro atoms. The normalized spacial score (nSPS) is 13.4. The molecule has 0 unspecified atom stereocenters. The van der Waals surface area contributed by atoms with Crippen LogP contribution in [0.4, 0.5) is 18.7 Å². The van der Waals surface area contributed by atoms with Crippen LogP contribution in [0.25, 0.3) is 0 Å². The minimum Gasteiger partial charge on any atom is -0.445 e. The molecule has 0 aliphatic rings. The average Bonchev–Trinajstić information content (AvgIpc) is 3.35. The number of hydrogen-bond donors (Lipinski definition) is 6. The highest BCUT2D eigenvalue weighted by Gasteiger charge is 2.28. The molecule has 0 saturated heterocycles. The van der Waals surface area contributed by atoms with E-state index in [9.17, 15) is 33.6 Å². The average molecular weight is 999 g/mol. The molecule has 18 heteroatoms. The van der Waals surface area contributed by atoms with Crippen LogP contribution in [-0.2, 0) is 59.4 Å². The Labute approximate surface area is 428 Å². The summed E-state index contributed by atoms with van der Waals surface area (Å²) >= 11 is 0. The number of amides is 5. The lowest BCUT2D eigenvalue weighted by molar-refractivity contribution is -0.128. The first kappa shape index (κ1) is 59.2. The smallest absolute Gasteiger partial charge is 0.408 e. The zero-order valence-electron chi connectivity index (χ0n) is 42.9. The van der Waals surface area contributed by atoms with Gasteiger partial charge in [-0.3, -0.25) is 19.2 Å². The first-order valence-electron chi connectivity index (χ1n) is 24.3. The number of nitrogens with one attached hydrogen (secondary N) is 3. The summed E-state index contributed by atoms with van der Waals surface area (Å²) in [6.45, 7) is 6.16. The minimum atomic E-state index is -1.88. The third kappa shape index (κ3) is 28.6. The minimum absolute atomic E-state index is 0. The molecule has 9 N–H and O–H groups in total. The van der Waals surface area contributed by atoms with Crippen molar-refractivity contribution < 1.29 is 54.8 Å². The maximum atomic E-state index is 13.3. The van der Waals surface area contributed by atoms with Gasteiger partial charge in [-0.05, 0) is 94.4 Å². The van der Waals surface area contributed by atoms with Crippen molar-refractivity contribution in [3.8, 4) is 0 Å². The van der Waals surface area contributed by atoms with Crippen molar-refractivity contribution in [2.45, 2.75) is 123 Å². The molecule has 72 heavy (non-hydrogen) atoms. The summed E-state index contributed by atoms with van der Waals surface area (Å²) in [7, 11) is 3.00. The largest absolute Gasteiger partial charge is 0.445 e. The molecule has 0 fully saturated rings. The van der Waals surface area contributed by atoms with Crippen molar-refractivity contribution in [2.24, 2.45) is 29.0 Å². The highest BCUT2D eigenvalue weighted by molar-refractivity contribution is 5.96. The molecule has 5 amide bonds. The summed E-state index contributed by atoms with van der Waals surface area (Å²) in [4.78, 5) is 86.0. The molecule has 2 radical (unpaired) electrons. The Morgan fingerprint density at radius 2 is 0.931 bits per heavy atom. The molecule has 0 aliphatic carbocycles. The molecule has 4 aromatic rings.